The van der Waals surface area contributed by atoms with Crippen molar-refractivity contribution in [2.45, 2.75) is 45.8 Å². The van der Waals surface area contributed by atoms with Gasteiger partial charge in [-0.1, -0.05) is 30.3 Å². The Morgan fingerprint density at radius 2 is 2.04 bits per heavy atom. The van der Waals surface area contributed by atoms with E-state index in [4.69, 9.17) is 5.73 Å². The molecule has 2 heterocycles. The number of nitrogens with two attached hydrogens (primary N) is 1. The Balaban J connectivity index is 1.41. The minimum Gasteiger partial charge on any atom is -0.355 e. The molecule has 3 N–H and O–H groups in total. The zero-order valence-electron chi connectivity index (χ0n) is 16.5. The van der Waals surface area contributed by atoms with Crippen LogP contribution < -0.4 is 11.1 Å². The third-order valence-electron chi connectivity index (χ3n) is 4.61. The summed E-state index contributed by atoms with van der Waals surface area (Å²) in [4.78, 5) is 16.6. The quantitative estimate of drug-likeness (QED) is 0.554. The van der Waals surface area contributed by atoms with Crippen molar-refractivity contribution in [3.8, 4) is 0 Å². The van der Waals surface area contributed by atoms with Gasteiger partial charge in [0, 0.05) is 37.9 Å². The van der Waals surface area contributed by atoms with Crippen LogP contribution in [0, 0.1) is 13.8 Å². The fourth-order valence-electron chi connectivity index (χ4n) is 3.18. The minimum absolute atomic E-state index is 0.147. The third kappa shape index (κ3) is 5.53. The molecular formula is C21H28N6O. The van der Waals surface area contributed by atoms with E-state index >= 15 is 0 Å². The van der Waals surface area contributed by atoms with E-state index < -0.39 is 6.04 Å². The molecule has 0 unspecified atom stereocenters. The van der Waals surface area contributed by atoms with E-state index in [-0.39, 0.29) is 5.91 Å². The number of nitrogens with one attached hydrogen (secondary N) is 1. The first-order chi connectivity index (χ1) is 13.5. The average Bonchev–Trinajstić information content (AvgIpc) is 3.24. The minimum atomic E-state index is -0.603. The lowest BCUT2D eigenvalue weighted by molar-refractivity contribution is -0.122. The number of rotatable bonds is 9. The smallest absolute Gasteiger partial charge is 0.237 e. The van der Waals surface area contributed by atoms with Gasteiger partial charge in [0.15, 0.2) is 0 Å². The summed E-state index contributed by atoms with van der Waals surface area (Å²) in [5, 5.41) is 7.32. The monoisotopic (exact) mass is 380 g/mol. The second-order valence-electron chi connectivity index (χ2n) is 7.13. The lowest BCUT2D eigenvalue weighted by Crippen LogP contribution is -2.42. The van der Waals surface area contributed by atoms with Crippen molar-refractivity contribution in [3.05, 3.63) is 71.6 Å². The normalized spacial score (nSPS) is 12.1. The lowest BCUT2D eigenvalue weighted by Gasteiger charge is -2.11. The molecule has 0 bridgehead atoms. The summed E-state index contributed by atoms with van der Waals surface area (Å²) in [6.45, 7) is 6.12. The Kier molecular flexibility index (Phi) is 6.60. The highest BCUT2D eigenvalue weighted by atomic mass is 16.2. The summed E-state index contributed by atoms with van der Waals surface area (Å²) in [5.41, 5.74) is 10.2. The molecule has 3 aromatic rings. The van der Waals surface area contributed by atoms with E-state index in [1.54, 1.807) is 6.33 Å². The third-order valence-corrected chi connectivity index (χ3v) is 4.61. The predicted molar refractivity (Wildman–Crippen MR) is 109 cm³/mol. The fourth-order valence-corrected chi connectivity index (χ4v) is 3.18. The zero-order chi connectivity index (χ0) is 19.9. The number of aryl methyl sites for hydroxylation is 3. The van der Waals surface area contributed by atoms with Crippen LogP contribution in [0.5, 0.6) is 0 Å². The van der Waals surface area contributed by atoms with Crippen LogP contribution in [0.4, 0.5) is 0 Å². The second-order valence-corrected chi connectivity index (χ2v) is 7.13. The molecule has 2 aromatic heterocycles. The molecule has 0 spiro atoms. The maximum atomic E-state index is 12.2. The van der Waals surface area contributed by atoms with Crippen LogP contribution in [-0.2, 0) is 24.3 Å². The highest BCUT2D eigenvalue weighted by Crippen LogP contribution is 2.06. The van der Waals surface area contributed by atoms with Crippen LogP contribution in [0.25, 0.3) is 0 Å². The Bertz CT molecular complexity index is 899. The van der Waals surface area contributed by atoms with Gasteiger partial charge in [-0.05, 0) is 31.9 Å². The first kappa shape index (κ1) is 19.8. The first-order valence-electron chi connectivity index (χ1n) is 9.60. The van der Waals surface area contributed by atoms with E-state index in [2.05, 4.69) is 27.5 Å². The molecule has 3 rings (SSSR count). The van der Waals surface area contributed by atoms with E-state index in [1.807, 2.05) is 53.6 Å². The van der Waals surface area contributed by atoms with E-state index in [0.29, 0.717) is 13.0 Å². The van der Waals surface area contributed by atoms with Gasteiger partial charge < -0.3 is 15.6 Å². The van der Waals surface area contributed by atoms with Gasteiger partial charge in [-0.3, -0.25) is 9.48 Å². The van der Waals surface area contributed by atoms with E-state index in [1.165, 1.54) is 5.56 Å². The van der Waals surface area contributed by atoms with Crippen LogP contribution in [-0.4, -0.2) is 37.8 Å². The van der Waals surface area contributed by atoms with Crippen molar-refractivity contribution >= 4 is 5.91 Å². The number of aromatic nitrogens is 4. The molecule has 1 atom stereocenters. The van der Waals surface area contributed by atoms with Crippen LogP contribution >= 0.6 is 0 Å². The molecule has 0 radical (unpaired) electrons. The molecule has 7 heteroatoms. The average molecular weight is 380 g/mol. The Labute approximate surface area is 165 Å². The maximum Gasteiger partial charge on any atom is 0.237 e. The molecule has 0 aliphatic heterocycles. The van der Waals surface area contributed by atoms with Crippen molar-refractivity contribution < 1.29 is 4.79 Å². The van der Waals surface area contributed by atoms with Gasteiger partial charge in [-0.15, -0.1) is 0 Å². The number of hydrogen-bond donors (Lipinski definition) is 2. The van der Waals surface area contributed by atoms with Crippen molar-refractivity contribution in [1.29, 1.82) is 0 Å². The van der Waals surface area contributed by atoms with Gasteiger partial charge >= 0.3 is 0 Å². The highest BCUT2D eigenvalue weighted by molar-refractivity contribution is 5.81. The van der Waals surface area contributed by atoms with Crippen molar-refractivity contribution in [2.75, 3.05) is 6.54 Å². The van der Waals surface area contributed by atoms with Crippen LogP contribution in [0.15, 0.2) is 48.9 Å². The van der Waals surface area contributed by atoms with Gasteiger partial charge in [-0.25, -0.2) is 4.98 Å². The molecule has 0 aliphatic rings. The van der Waals surface area contributed by atoms with Crippen molar-refractivity contribution in [1.82, 2.24) is 24.6 Å². The largest absolute Gasteiger partial charge is 0.355 e. The summed E-state index contributed by atoms with van der Waals surface area (Å²) in [6, 6.07) is 11.6. The lowest BCUT2D eigenvalue weighted by atomic mass is 10.1. The molecule has 0 aliphatic carbocycles. The van der Waals surface area contributed by atoms with Crippen LogP contribution in [0.1, 0.15) is 29.1 Å². The summed E-state index contributed by atoms with van der Waals surface area (Å²) in [5.74, 6) is -0.147. The van der Waals surface area contributed by atoms with Gasteiger partial charge in [-0.2, -0.15) is 5.10 Å². The number of benzene rings is 1. The highest BCUT2D eigenvalue weighted by Gasteiger charge is 2.15. The summed E-state index contributed by atoms with van der Waals surface area (Å²) in [7, 11) is 0. The Morgan fingerprint density at radius 3 is 2.75 bits per heavy atom. The van der Waals surface area contributed by atoms with Crippen LogP contribution in [0.2, 0.25) is 0 Å². The molecule has 0 fully saturated rings. The molecule has 1 amide bonds. The number of amides is 1. The maximum absolute atomic E-state index is 12.2. The number of hydrogen-bond acceptors (Lipinski definition) is 4. The summed E-state index contributed by atoms with van der Waals surface area (Å²) in [6.07, 6.45) is 4.96. The van der Waals surface area contributed by atoms with Gasteiger partial charge in [0.2, 0.25) is 5.91 Å². The van der Waals surface area contributed by atoms with Gasteiger partial charge in [0.05, 0.1) is 23.8 Å². The number of imidazole rings is 1. The SMILES string of the molecule is Cc1cc(C)n(CCCNC(=O)[C@@H](N)Cc2cn(Cc3ccccc3)cn2)n1. The number of carbonyl (C=O) groups is 1. The summed E-state index contributed by atoms with van der Waals surface area (Å²) >= 11 is 0. The number of nitrogens with zero attached hydrogens (tertiary/aromatic N) is 4. The topological polar surface area (TPSA) is 90.8 Å². The zero-order valence-corrected chi connectivity index (χ0v) is 16.5. The fraction of sp³-hybridized carbons (Fsp3) is 0.381. The molecule has 7 nitrogen and oxygen atoms in total. The Hall–Kier alpha value is -2.93. The molecule has 148 valence electrons. The molecule has 1 aromatic carbocycles. The van der Waals surface area contributed by atoms with E-state index in [0.717, 1.165) is 36.6 Å². The molecule has 0 saturated heterocycles. The van der Waals surface area contributed by atoms with Crippen LogP contribution in [0.3, 0.4) is 0 Å². The Morgan fingerprint density at radius 1 is 1.25 bits per heavy atom. The molecule has 0 saturated carbocycles. The van der Waals surface area contributed by atoms with E-state index in [9.17, 15) is 4.79 Å². The van der Waals surface area contributed by atoms with Gasteiger partial charge in [0.1, 0.15) is 0 Å². The molecule has 28 heavy (non-hydrogen) atoms. The standard InChI is InChI=1S/C21H28N6O/c1-16-11-17(2)27(25-16)10-6-9-23-21(28)20(22)12-19-14-26(15-24-19)13-18-7-4-3-5-8-18/h3-5,7-8,11,14-15,20H,6,9-10,12-13,22H2,1-2H3,(H,23,28)/t20-/m0/s1. The summed E-state index contributed by atoms with van der Waals surface area (Å²) < 4.78 is 3.96. The first-order valence-corrected chi connectivity index (χ1v) is 9.60. The predicted octanol–water partition coefficient (Wildman–Crippen LogP) is 1.82. The van der Waals surface area contributed by atoms with Gasteiger partial charge in [0.25, 0.3) is 0 Å². The number of carbonyl (C=O) groups excluding carboxylic acids is 1. The second kappa shape index (κ2) is 9.32. The molecular weight excluding hydrogens is 352 g/mol. The van der Waals surface area contributed by atoms with Crippen molar-refractivity contribution in [3.63, 3.8) is 0 Å². The van der Waals surface area contributed by atoms with Crippen molar-refractivity contribution in [2.24, 2.45) is 5.73 Å².